The Hall–Kier alpha value is -1.10. The molecule has 4 heteroatoms. The van der Waals surface area contributed by atoms with E-state index in [1.54, 1.807) is 7.11 Å². The van der Waals surface area contributed by atoms with E-state index in [1.165, 1.54) is 0 Å². The first-order valence-corrected chi connectivity index (χ1v) is 6.42. The number of morpholine rings is 1. The van der Waals surface area contributed by atoms with Crippen molar-refractivity contribution in [2.24, 2.45) is 0 Å². The molecule has 0 spiro atoms. The van der Waals surface area contributed by atoms with Crippen molar-refractivity contribution >= 4 is 0 Å². The number of hydrogen-bond donors (Lipinski definition) is 2. The van der Waals surface area contributed by atoms with E-state index in [9.17, 15) is 0 Å². The highest BCUT2D eigenvalue weighted by atomic mass is 16.5. The van der Waals surface area contributed by atoms with Crippen LogP contribution in [0.5, 0.6) is 5.75 Å². The highest BCUT2D eigenvalue weighted by molar-refractivity contribution is 5.38. The van der Waals surface area contributed by atoms with E-state index in [1.807, 2.05) is 12.1 Å². The summed E-state index contributed by atoms with van der Waals surface area (Å²) >= 11 is 0. The Morgan fingerprint density at radius 3 is 3.06 bits per heavy atom. The molecule has 1 unspecified atom stereocenters. The second-order valence-corrected chi connectivity index (χ2v) is 4.52. The van der Waals surface area contributed by atoms with Gasteiger partial charge in [-0.2, -0.15) is 0 Å². The van der Waals surface area contributed by atoms with Gasteiger partial charge in [-0.1, -0.05) is 12.1 Å². The number of hydrogen-bond acceptors (Lipinski definition) is 4. The second kappa shape index (κ2) is 6.73. The summed E-state index contributed by atoms with van der Waals surface area (Å²) in [6.45, 7) is 2.75. The number of benzene rings is 1. The molecule has 0 amide bonds. The topological polar surface area (TPSA) is 50.7 Å². The van der Waals surface area contributed by atoms with Crippen molar-refractivity contribution in [1.82, 2.24) is 5.32 Å². The fourth-order valence-corrected chi connectivity index (χ4v) is 2.27. The summed E-state index contributed by atoms with van der Waals surface area (Å²) in [5.41, 5.74) is 2.29. The van der Waals surface area contributed by atoms with E-state index in [4.69, 9.17) is 14.6 Å². The van der Waals surface area contributed by atoms with E-state index in [-0.39, 0.29) is 12.7 Å². The van der Waals surface area contributed by atoms with Gasteiger partial charge in [-0.3, -0.25) is 0 Å². The maximum Gasteiger partial charge on any atom is 0.122 e. The molecule has 4 nitrogen and oxygen atoms in total. The molecule has 0 bridgehead atoms. The summed E-state index contributed by atoms with van der Waals surface area (Å²) < 4.78 is 11.1. The van der Waals surface area contributed by atoms with E-state index >= 15 is 0 Å². The Morgan fingerprint density at radius 2 is 2.39 bits per heavy atom. The van der Waals surface area contributed by atoms with E-state index in [0.29, 0.717) is 6.42 Å². The van der Waals surface area contributed by atoms with Gasteiger partial charge in [-0.05, 0) is 23.6 Å². The van der Waals surface area contributed by atoms with Crippen LogP contribution in [-0.4, -0.2) is 44.6 Å². The van der Waals surface area contributed by atoms with Gasteiger partial charge >= 0.3 is 0 Å². The summed E-state index contributed by atoms with van der Waals surface area (Å²) in [5.74, 6) is 0.894. The van der Waals surface area contributed by atoms with Gasteiger partial charge in [0, 0.05) is 26.1 Å². The van der Waals surface area contributed by atoms with E-state index in [0.717, 1.165) is 43.0 Å². The molecule has 18 heavy (non-hydrogen) atoms. The molecule has 100 valence electrons. The van der Waals surface area contributed by atoms with Gasteiger partial charge in [0.2, 0.25) is 0 Å². The van der Waals surface area contributed by atoms with Crippen LogP contribution < -0.4 is 10.1 Å². The van der Waals surface area contributed by atoms with Crippen molar-refractivity contribution in [2.45, 2.75) is 18.9 Å². The lowest BCUT2D eigenvalue weighted by molar-refractivity contribution is 0.0289. The van der Waals surface area contributed by atoms with Crippen LogP contribution in [0, 0.1) is 0 Å². The number of rotatable bonds is 5. The highest BCUT2D eigenvalue weighted by Gasteiger charge is 2.16. The lowest BCUT2D eigenvalue weighted by Crippen LogP contribution is -2.39. The molecule has 0 aromatic heterocycles. The van der Waals surface area contributed by atoms with Crippen molar-refractivity contribution in [1.29, 1.82) is 0 Å². The van der Waals surface area contributed by atoms with Gasteiger partial charge in [-0.25, -0.2) is 0 Å². The zero-order chi connectivity index (χ0) is 12.8. The number of methoxy groups -OCH3 is 1. The first-order valence-electron chi connectivity index (χ1n) is 6.42. The van der Waals surface area contributed by atoms with Crippen molar-refractivity contribution in [3.05, 3.63) is 29.3 Å². The summed E-state index contributed by atoms with van der Waals surface area (Å²) in [7, 11) is 1.69. The number of aliphatic hydroxyl groups excluding tert-OH is 1. The summed E-state index contributed by atoms with van der Waals surface area (Å²) in [4.78, 5) is 0. The van der Waals surface area contributed by atoms with Crippen molar-refractivity contribution in [3.8, 4) is 5.75 Å². The Kier molecular flexibility index (Phi) is 4.99. The Bertz CT molecular complexity index is 375. The van der Waals surface area contributed by atoms with Gasteiger partial charge < -0.3 is 19.9 Å². The fraction of sp³-hybridized carbons (Fsp3) is 0.571. The number of nitrogens with one attached hydrogen (secondary N) is 1. The van der Waals surface area contributed by atoms with Crippen LogP contribution in [0.25, 0.3) is 0 Å². The minimum atomic E-state index is 0.174. The predicted octanol–water partition coefficient (Wildman–Crippen LogP) is 0.761. The third-order valence-electron chi connectivity index (χ3n) is 3.20. The van der Waals surface area contributed by atoms with Crippen LogP contribution in [0.1, 0.15) is 11.1 Å². The zero-order valence-electron chi connectivity index (χ0n) is 10.8. The average Bonchev–Trinajstić information content (AvgIpc) is 2.41. The third-order valence-corrected chi connectivity index (χ3v) is 3.20. The van der Waals surface area contributed by atoms with Crippen molar-refractivity contribution in [2.75, 3.05) is 33.4 Å². The molecule has 1 aliphatic heterocycles. The predicted molar refractivity (Wildman–Crippen MR) is 70.1 cm³/mol. The van der Waals surface area contributed by atoms with Gasteiger partial charge in [0.25, 0.3) is 0 Å². The van der Waals surface area contributed by atoms with Crippen LogP contribution in [0.3, 0.4) is 0 Å². The van der Waals surface area contributed by atoms with Gasteiger partial charge in [0.1, 0.15) is 5.75 Å². The van der Waals surface area contributed by atoms with Crippen molar-refractivity contribution < 1.29 is 14.6 Å². The largest absolute Gasteiger partial charge is 0.496 e. The normalized spacial score (nSPS) is 19.8. The minimum absolute atomic E-state index is 0.174. The monoisotopic (exact) mass is 251 g/mol. The van der Waals surface area contributed by atoms with Gasteiger partial charge in [0.05, 0.1) is 19.8 Å². The molecule has 1 saturated heterocycles. The smallest absolute Gasteiger partial charge is 0.122 e. The molecule has 1 fully saturated rings. The molecule has 1 aromatic carbocycles. The first kappa shape index (κ1) is 13.3. The first-order chi connectivity index (χ1) is 8.83. The highest BCUT2D eigenvalue weighted by Crippen LogP contribution is 2.22. The Balaban J connectivity index is 2.09. The summed E-state index contributed by atoms with van der Waals surface area (Å²) in [5, 5.41) is 12.3. The Morgan fingerprint density at radius 1 is 1.50 bits per heavy atom. The second-order valence-electron chi connectivity index (χ2n) is 4.52. The third kappa shape index (κ3) is 3.45. The molecule has 2 rings (SSSR count). The van der Waals surface area contributed by atoms with E-state index < -0.39 is 0 Å². The lowest BCUT2D eigenvalue weighted by Gasteiger charge is -2.24. The van der Waals surface area contributed by atoms with Crippen molar-refractivity contribution in [3.63, 3.8) is 0 Å². The minimum Gasteiger partial charge on any atom is -0.496 e. The quantitative estimate of drug-likeness (QED) is 0.811. The molecule has 0 radical (unpaired) electrons. The molecular weight excluding hydrogens is 230 g/mol. The molecule has 0 aliphatic carbocycles. The molecule has 2 N–H and O–H groups in total. The molecule has 1 aromatic rings. The summed E-state index contributed by atoms with van der Waals surface area (Å²) in [6, 6.07) is 6.07. The van der Waals surface area contributed by atoms with Crippen LogP contribution in [0.2, 0.25) is 0 Å². The van der Waals surface area contributed by atoms with E-state index in [2.05, 4.69) is 11.4 Å². The lowest BCUT2D eigenvalue weighted by atomic mass is 10.0. The van der Waals surface area contributed by atoms with Crippen LogP contribution >= 0.6 is 0 Å². The fourth-order valence-electron chi connectivity index (χ4n) is 2.27. The molecular formula is C14H21NO3. The maximum atomic E-state index is 8.99. The Labute approximate surface area is 108 Å². The standard InChI is InChI=1S/C14H21NO3/c1-17-14-3-2-11(4-6-16)8-12(14)9-13-10-15-5-7-18-13/h2-3,8,13,15-16H,4-7,9-10H2,1H3. The SMILES string of the molecule is COc1ccc(CCO)cc1CC1CNCCO1. The molecule has 1 atom stereocenters. The van der Waals surface area contributed by atoms with Gasteiger partial charge in [-0.15, -0.1) is 0 Å². The van der Waals surface area contributed by atoms with Crippen LogP contribution in [0.15, 0.2) is 18.2 Å². The molecule has 1 aliphatic rings. The molecule has 1 heterocycles. The number of aliphatic hydroxyl groups is 1. The summed E-state index contributed by atoms with van der Waals surface area (Å²) in [6.07, 6.45) is 1.73. The van der Waals surface area contributed by atoms with Crippen LogP contribution in [-0.2, 0) is 17.6 Å². The van der Waals surface area contributed by atoms with Crippen LogP contribution in [0.4, 0.5) is 0 Å². The number of ether oxygens (including phenoxy) is 2. The van der Waals surface area contributed by atoms with Gasteiger partial charge in [0.15, 0.2) is 0 Å². The average molecular weight is 251 g/mol. The maximum absolute atomic E-state index is 8.99. The zero-order valence-corrected chi connectivity index (χ0v) is 10.8. The molecule has 0 saturated carbocycles.